The zero-order valence-corrected chi connectivity index (χ0v) is 9.30. The van der Waals surface area contributed by atoms with Crippen LogP contribution in [0.3, 0.4) is 0 Å². The van der Waals surface area contributed by atoms with Crippen molar-refractivity contribution in [3.05, 3.63) is 35.9 Å². The average molecular weight is 220 g/mol. The summed E-state index contributed by atoms with van der Waals surface area (Å²) in [7, 11) is 1.40. The molecule has 0 aliphatic heterocycles. The summed E-state index contributed by atoms with van der Waals surface area (Å²) in [5.74, 6) is -0.540. The Bertz CT molecular complexity index is 361. The van der Waals surface area contributed by atoms with Gasteiger partial charge in [-0.1, -0.05) is 30.3 Å². The Balaban J connectivity index is 2.26. The highest BCUT2D eigenvalue weighted by atomic mass is 16.5. The number of rotatable bonds is 2. The van der Waals surface area contributed by atoms with Crippen molar-refractivity contribution in [2.75, 3.05) is 7.11 Å². The smallest absolute Gasteiger partial charge is 0.309 e. The molecule has 0 aromatic heterocycles. The molecule has 1 aromatic rings. The van der Waals surface area contributed by atoms with Gasteiger partial charge in [0.1, 0.15) is 0 Å². The Hall–Kier alpha value is -1.35. The standard InChI is InChI=1S/C13H16O3/c1-16-13(15)10-7-8-11(14)12(10)9-5-3-2-4-6-9/h2-6,10-12,14H,7-8H2,1H3/t10-,11-,12-/m0/s1. The number of methoxy groups -OCH3 is 1. The van der Waals surface area contributed by atoms with Crippen molar-refractivity contribution >= 4 is 5.97 Å². The van der Waals surface area contributed by atoms with Crippen molar-refractivity contribution in [2.45, 2.75) is 24.9 Å². The number of carbonyl (C=O) groups excluding carboxylic acids is 1. The molecule has 1 N–H and O–H groups in total. The Morgan fingerprint density at radius 2 is 2.00 bits per heavy atom. The van der Waals surface area contributed by atoms with Gasteiger partial charge < -0.3 is 9.84 Å². The molecule has 2 rings (SSSR count). The van der Waals surface area contributed by atoms with E-state index in [2.05, 4.69) is 0 Å². The molecule has 0 unspecified atom stereocenters. The first-order chi connectivity index (χ1) is 7.74. The van der Waals surface area contributed by atoms with Crippen LogP contribution < -0.4 is 0 Å². The minimum Gasteiger partial charge on any atom is -0.469 e. The normalized spacial score (nSPS) is 29.0. The minimum atomic E-state index is -0.438. The van der Waals surface area contributed by atoms with Crippen molar-refractivity contribution in [2.24, 2.45) is 5.92 Å². The van der Waals surface area contributed by atoms with E-state index < -0.39 is 6.10 Å². The quantitative estimate of drug-likeness (QED) is 0.772. The van der Waals surface area contributed by atoms with E-state index in [1.54, 1.807) is 0 Å². The lowest BCUT2D eigenvalue weighted by Gasteiger charge is -2.20. The molecule has 3 atom stereocenters. The van der Waals surface area contributed by atoms with E-state index in [1.807, 2.05) is 30.3 Å². The molecule has 0 heterocycles. The maximum Gasteiger partial charge on any atom is 0.309 e. The first-order valence-electron chi connectivity index (χ1n) is 5.55. The largest absolute Gasteiger partial charge is 0.469 e. The second-order valence-corrected chi connectivity index (χ2v) is 4.21. The topological polar surface area (TPSA) is 46.5 Å². The fraction of sp³-hybridized carbons (Fsp3) is 0.462. The lowest BCUT2D eigenvalue weighted by Crippen LogP contribution is -2.24. The van der Waals surface area contributed by atoms with Gasteiger partial charge in [-0.2, -0.15) is 0 Å². The van der Waals surface area contributed by atoms with Crippen molar-refractivity contribution < 1.29 is 14.6 Å². The number of esters is 1. The molecule has 1 saturated carbocycles. The second kappa shape index (κ2) is 4.66. The van der Waals surface area contributed by atoms with Gasteiger partial charge in [0.15, 0.2) is 0 Å². The van der Waals surface area contributed by atoms with Gasteiger partial charge in [-0.3, -0.25) is 4.79 Å². The predicted octanol–water partition coefficient (Wildman–Crippen LogP) is 1.71. The second-order valence-electron chi connectivity index (χ2n) is 4.21. The molecule has 3 heteroatoms. The van der Waals surface area contributed by atoms with Crippen molar-refractivity contribution in [3.63, 3.8) is 0 Å². The third-order valence-corrected chi connectivity index (χ3v) is 3.31. The summed E-state index contributed by atoms with van der Waals surface area (Å²) in [6.07, 6.45) is 0.929. The lowest BCUT2D eigenvalue weighted by molar-refractivity contribution is -0.146. The van der Waals surface area contributed by atoms with E-state index in [0.29, 0.717) is 12.8 Å². The van der Waals surface area contributed by atoms with Gasteiger partial charge in [-0.15, -0.1) is 0 Å². The monoisotopic (exact) mass is 220 g/mol. The summed E-state index contributed by atoms with van der Waals surface area (Å²) >= 11 is 0. The number of benzene rings is 1. The lowest BCUT2D eigenvalue weighted by atomic mass is 9.88. The fourth-order valence-corrected chi connectivity index (χ4v) is 2.52. The molecule has 1 aliphatic carbocycles. The van der Waals surface area contributed by atoms with Gasteiger partial charge in [0.05, 0.1) is 19.1 Å². The molecule has 1 fully saturated rings. The molecule has 0 saturated heterocycles. The highest BCUT2D eigenvalue weighted by Crippen LogP contribution is 2.40. The number of aliphatic hydroxyl groups is 1. The van der Waals surface area contributed by atoms with Crippen LogP contribution >= 0.6 is 0 Å². The van der Waals surface area contributed by atoms with Crippen molar-refractivity contribution in [1.82, 2.24) is 0 Å². The Morgan fingerprint density at radius 3 is 2.62 bits per heavy atom. The zero-order valence-electron chi connectivity index (χ0n) is 9.30. The van der Waals surface area contributed by atoms with Gasteiger partial charge in [0, 0.05) is 5.92 Å². The molecule has 0 bridgehead atoms. The molecular weight excluding hydrogens is 204 g/mol. The van der Waals surface area contributed by atoms with E-state index in [9.17, 15) is 9.90 Å². The van der Waals surface area contributed by atoms with Crippen LogP contribution in [0.5, 0.6) is 0 Å². The van der Waals surface area contributed by atoms with Gasteiger partial charge in [-0.05, 0) is 18.4 Å². The van der Waals surface area contributed by atoms with Crippen molar-refractivity contribution in [1.29, 1.82) is 0 Å². The maximum absolute atomic E-state index is 11.6. The van der Waals surface area contributed by atoms with Crippen LogP contribution in [-0.2, 0) is 9.53 Å². The molecule has 3 nitrogen and oxygen atoms in total. The zero-order chi connectivity index (χ0) is 11.5. The van der Waals surface area contributed by atoms with Crippen molar-refractivity contribution in [3.8, 4) is 0 Å². The van der Waals surface area contributed by atoms with Crippen LogP contribution in [0, 0.1) is 5.92 Å². The van der Waals surface area contributed by atoms with Gasteiger partial charge in [0.25, 0.3) is 0 Å². The highest BCUT2D eigenvalue weighted by molar-refractivity contribution is 5.74. The average Bonchev–Trinajstić information content (AvgIpc) is 2.71. The number of carbonyl (C=O) groups is 1. The van der Waals surface area contributed by atoms with E-state index in [0.717, 1.165) is 5.56 Å². The van der Waals surface area contributed by atoms with Crippen LogP contribution in [-0.4, -0.2) is 24.3 Å². The SMILES string of the molecule is COC(=O)[C@H]1CC[C@H](O)[C@H]1c1ccccc1. The molecule has 16 heavy (non-hydrogen) atoms. The van der Waals surface area contributed by atoms with Crippen LogP contribution in [0.1, 0.15) is 24.3 Å². The highest BCUT2D eigenvalue weighted by Gasteiger charge is 2.40. The number of aliphatic hydroxyl groups excluding tert-OH is 1. The summed E-state index contributed by atoms with van der Waals surface area (Å²) in [5.41, 5.74) is 1.02. The van der Waals surface area contributed by atoms with Gasteiger partial charge in [-0.25, -0.2) is 0 Å². The van der Waals surface area contributed by atoms with Crippen LogP contribution in [0.2, 0.25) is 0 Å². The molecule has 1 aliphatic rings. The van der Waals surface area contributed by atoms with Crippen LogP contribution in [0.4, 0.5) is 0 Å². The number of hydrogen-bond acceptors (Lipinski definition) is 3. The van der Waals surface area contributed by atoms with E-state index in [-0.39, 0.29) is 17.8 Å². The van der Waals surface area contributed by atoms with E-state index in [4.69, 9.17) is 4.74 Å². The summed E-state index contributed by atoms with van der Waals surface area (Å²) in [4.78, 5) is 11.6. The first kappa shape index (κ1) is 11.1. The predicted molar refractivity (Wildman–Crippen MR) is 59.9 cm³/mol. The number of hydrogen-bond donors (Lipinski definition) is 1. The molecule has 86 valence electrons. The van der Waals surface area contributed by atoms with Gasteiger partial charge >= 0.3 is 5.97 Å². The number of ether oxygens (including phenoxy) is 1. The fourth-order valence-electron chi connectivity index (χ4n) is 2.52. The van der Waals surface area contributed by atoms with E-state index in [1.165, 1.54) is 7.11 Å². The molecular formula is C13H16O3. The summed E-state index contributed by atoms with van der Waals surface area (Å²) in [6.45, 7) is 0. The van der Waals surface area contributed by atoms with E-state index >= 15 is 0 Å². The summed E-state index contributed by atoms with van der Waals surface area (Å²) in [5, 5.41) is 9.95. The Labute approximate surface area is 95.0 Å². The molecule has 0 amide bonds. The Morgan fingerprint density at radius 1 is 1.31 bits per heavy atom. The molecule has 1 aromatic carbocycles. The van der Waals surface area contributed by atoms with Gasteiger partial charge in [0.2, 0.25) is 0 Å². The molecule has 0 spiro atoms. The summed E-state index contributed by atoms with van der Waals surface area (Å²) < 4.78 is 4.78. The van der Waals surface area contributed by atoms with Crippen LogP contribution in [0.25, 0.3) is 0 Å². The molecule has 0 radical (unpaired) electrons. The van der Waals surface area contributed by atoms with Crippen LogP contribution in [0.15, 0.2) is 30.3 Å². The third-order valence-electron chi connectivity index (χ3n) is 3.31. The maximum atomic E-state index is 11.6. The Kier molecular flexibility index (Phi) is 3.25. The third kappa shape index (κ3) is 1.95. The minimum absolute atomic E-state index is 0.117. The first-order valence-corrected chi connectivity index (χ1v) is 5.55. The summed E-state index contributed by atoms with van der Waals surface area (Å²) in [6, 6.07) is 9.69.